The highest BCUT2D eigenvalue weighted by atomic mass is 16.2. The summed E-state index contributed by atoms with van der Waals surface area (Å²) in [6.45, 7) is 0. The van der Waals surface area contributed by atoms with Crippen LogP contribution in [0.3, 0.4) is 0 Å². The van der Waals surface area contributed by atoms with E-state index in [1.54, 1.807) is 18.1 Å². The normalized spacial score (nSPS) is 23.2. The van der Waals surface area contributed by atoms with E-state index in [9.17, 15) is 9.59 Å². The molecule has 136 valence electrons. The van der Waals surface area contributed by atoms with Crippen LogP contribution in [0, 0.1) is 5.92 Å². The molecule has 0 spiro atoms. The lowest BCUT2D eigenvalue weighted by atomic mass is 9.87. The molecular weight excluding hydrogens is 330 g/mol. The van der Waals surface area contributed by atoms with Gasteiger partial charge in [-0.3, -0.25) is 9.59 Å². The van der Waals surface area contributed by atoms with E-state index in [4.69, 9.17) is 0 Å². The zero-order chi connectivity index (χ0) is 18.3. The molecule has 7 heteroatoms. The fourth-order valence-electron chi connectivity index (χ4n) is 3.67. The maximum absolute atomic E-state index is 13.0. The second-order valence-electron chi connectivity index (χ2n) is 7.20. The number of imidazole rings is 1. The lowest BCUT2D eigenvalue weighted by Crippen LogP contribution is -2.45. The standard InChI is InChI=1S/C19H23N5O2/c1-23-11-10-20-18(23)17-13(8-9-16(25)24(17)2)19(26)22-15-5-3-4-14(21-15)12-6-7-12/h3-5,10-13,17H,6-9H2,1-2H3,(H,21,22,26)/t13-,17-/m0/s1. The molecule has 1 saturated carbocycles. The zero-order valence-corrected chi connectivity index (χ0v) is 15.1. The smallest absolute Gasteiger partial charge is 0.231 e. The van der Waals surface area contributed by atoms with E-state index in [1.807, 2.05) is 36.0 Å². The van der Waals surface area contributed by atoms with Gasteiger partial charge in [0.2, 0.25) is 11.8 Å². The highest BCUT2D eigenvalue weighted by Crippen LogP contribution is 2.39. The fraction of sp³-hybridized carbons (Fsp3) is 0.474. The van der Waals surface area contributed by atoms with Crippen molar-refractivity contribution in [2.24, 2.45) is 13.0 Å². The van der Waals surface area contributed by atoms with Gasteiger partial charge in [0, 0.05) is 44.5 Å². The first-order valence-corrected chi connectivity index (χ1v) is 9.05. The van der Waals surface area contributed by atoms with E-state index in [-0.39, 0.29) is 23.8 Å². The SMILES string of the molecule is CN1C(=O)CC[C@H](C(=O)Nc2cccc(C3CC3)n2)[C@H]1c1nccn1C. The number of nitrogens with zero attached hydrogens (tertiary/aromatic N) is 4. The molecule has 0 radical (unpaired) electrons. The Kier molecular flexibility index (Phi) is 4.22. The van der Waals surface area contributed by atoms with Gasteiger partial charge in [-0.25, -0.2) is 9.97 Å². The predicted molar refractivity (Wildman–Crippen MR) is 96.3 cm³/mol. The zero-order valence-electron chi connectivity index (χ0n) is 15.1. The van der Waals surface area contributed by atoms with Gasteiger partial charge in [0.25, 0.3) is 0 Å². The average Bonchev–Trinajstić information content (AvgIpc) is 3.40. The maximum atomic E-state index is 13.0. The van der Waals surface area contributed by atoms with E-state index in [2.05, 4.69) is 15.3 Å². The lowest BCUT2D eigenvalue weighted by Gasteiger charge is -2.37. The van der Waals surface area contributed by atoms with Crippen molar-refractivity contribution in [3.8, 4) is 0 Å². The van der Waals surface area contributed by atoms with Gasteiger partial charge in [0.05, 0.1) is 5.92 Å². The summed E-state index contributed by atoms with van der Waals surface area (Å²) < 4.78 is 1.87. The van der Waals surface area contributed by atoms with Crippen LogP contribution in [0.4, 0.5) is 5.82 Å². The molecule has 1 N–H and O–H groups in total. The number of piperidine rings is 1. The van der Waals surface area contributed by atoms with Crippen LogP contribution in [-0.2, 0) is 16.6 Å². The molecule has 2 fully saturated rings. The van der Waals surface area contributed by atoms with Crippen molar-refractivity contribution >= 4 is 17.6 Å². The van der Waals surface area contributed by atoms with Gasteiger partial charge < -0.3 is 14.8 Å². The molecule has 2 aromatic heterocycles. The van der Waals surface area contributed by atoms with E-state index in [0.29, 0.717) is 24.6 Å². The van der Waals surface area contributed by atoms with Gasteiger partial charge in [-0.2, -0.15) is 0 Å². The third-order valence-electron chi connectivity index (χ3n) is 5.34. The molecule has 0 unspecified atom stereocenters. The Morgan fingerprint density at radius 1 is 1.23 bits per heavy atom. The number of nitrogens with one attached hydrogen (secondary N) is 1. The summed E-state index contributed by atoms with van der Waals surface area (Å²) in [6.07, 6.45) is 6.73. The molecule has 1 saturated heterocycles. The first kappa shape index (κ1) is 16.8. The molecule has 2 amide bonds. The molecule has 1 aliphatic heterocycles. The maximum Gasteiger partial charge on any atom is 0.231 e. The Hall–Kier alpha value is -2.70. The topological polar surface area (TPSA) is 80.1 Å². The Morgan fingerprint density at radius 3 is 2.73 bits per heavy atom. The summed E-state index contributed by atoms with van der Waals surface area (Å²) in [5.74, 6) is 1.41. The summed E-state index contributed by atoms with van der Waals surface area (Å²) in [5, 5.41) is 2.96. The predicted octanol–water partition coefficient (Wildman–Crippen LogP) is 2.24. The van der Waals surface area contributed by atoms with Gasteiger partial charge in [-0.1, -0.05) is 6.07 Å². The minimum atomic E-state index is -0.372. The molecule has 26 heavy (non-hydrogen) atoms. The van der Waals surface area contributed by atoms with Crippen molar-refractivity contribution in [1.82, 2.24) is 19.4 Å². The average molecular weight is 353 g/mol. The van der Waals surface area contributed by atoms with Crippen LogP contribution in [0.15, 0.2) is 30.6 Å². The third-order valence-corrected chi connectivity index (χ3v) is 5.34. The molecule has 3 heterocycles. The molecule has 0 bridgehead atoms. The molecule has 2 atom stereocenters. The highest BCUT2D eigenvalue weighted by Gasteiger charge is 2.41. The van der Waals surface area contributed by atoms with Crippen LogP contribution in [-0.4, -0.2) is 38.3 Å². The number of carbonyl (C=O) groups excluding carboxylic acids is 2. The van der Waals surface area contributed by atoms with Crippen molar-refractivity contribution in [3.05, 3.63) is 42.1 Å². The van der Waals surface area contributed by atoms with E-state index in [1.165, 1.54) is 12.8 Å². The molecule has 4 rings (SSSR count). The first-order valence-electron chi connectivity index (χ1n) is 9.05. The number of pyridine rings is 1. The van der Waals surface area contributed by atoms with Crippen molar-refractivity contribution in [3.63, 3.8) is 0 Å². The van der Waals surface area contributed by atoms with Gasteiger partial charge >= 0.3 is 0 Å². The van der Waals surface area contributed by atoms with Crippen molar-refractivity contribution in [2.45, 2.75) is 37.6 Å². The van der Waals surface area contributed by atoms with Crippen LogP contribution in [0.25, 0.3) is 0 Å². The van der Waals surface area contributed by atoms with Crippen molar-refractivity contribution in [2.75, 3.05) is 12.4 Å². The fourth-order valence-corrected chi connectivity index (χ4v) is 3.67. The Balaban J connectivity index is 1.57. The van der Waals surface area contributed by atoms with Gasteiger partial charge in [-0.05, 0) is 31.4 Å². The number of likely N-dealkylation sites (tertiary alicyclic amines) is 1. The van der Waals surface area contributed by atoms with E-state index in [0.717, 1.165) is 11.5 Å². The van der Waals surface area contributed by atoms with E-state index >= 15 is 0 Å². The molecule has 2 aliphatic rings. The molecule has 1 aliphatic carbocycles. The summed E-state index contributed by atoms with van der Waals surface area (Å²) in [6, 6.07) is 5.39. The Labute approximate surface area is 152 Å². The van der Waals surface area contributed by atoms with Crippen LogP contribution >= 0.6 is 0 Å². The molecule has 7 nitrogen and oxygen atoms in total. The number of rotatable bonds is 4. The second-order valence-corrected chi connectivity index (χ2v) is 7.20. The van der Waals surface area contributed by atoms with Gasteiger partial charge in [-0.15, -0.1) is 0 Å². The van der Waals surface area contributed by atoms with Crippen LogP contribution in [0.5, 0.6) is 0 Å². The number of hydrogen-bond acceptors (Lipinski definition) is 4. The quantitative estimate of drug-likeness (QED) is 0.914. The minimum absolute atomic E-state index is 0.0379. The summed E-state index contributed by atoms with van der Waals surface area (Å²) in [4.78, 5) is 35.8. The summed E-state index contributed by atoms with van der Waals surface area (Å²) in [7, 11) is 3.62. The number of hydrogen-bond donors (Lipinski definition) is 1. The Morgan fingerprint density at radius 2 is 2.04 bits per heavy atom. The first-order chi connectivity index (χ1) is 12.5. The number of aromatic nitrogens is 3. The van der Waals surface area contributed by atoms with Crippen LogP contribution in [0.2, 0.25) is 0 Å². The third kappa shape index (κ3) is 3.09. The number of carbonyl (C=O) groups is 2. The second kappa shape index (κ2) is 6.55. The van der Waals surface area contributed by atoms with Crippen molar-refractivity contribution in [1.29, 1.82) is 0 Å². The monoisotopic (exact) mass is 353 g/mol. The van der Waals surface area contributed by atoms with Crippen molar-refractivity contribution < 1.29 is 9.59 Å². The minimum Gasteiger partial charge on any atom is -0.336 e. The molecule has 2 aromatic rings. The van der Waals surface area contributed by atoms with Crippen LogP contribution in [0.1, 0.15) is 49.2 Å². The summed E-state index contributed by atoms with van der Waals surface area (Å²) >= 11 is 0. The number of anilines is 1. The molecular formula is C19H23N5O2. The molecule has 0 aromatic carbocycles. The lowest BCUT2D eigenvalue weighted by molar-refractivity contribution is -0.140. The highest BCUT2D eigenvalue weighted by molar-refractivity contribution is 5.93. The number of amides is 2. The largest absolute Gasteiger partial charge is 0.336 e. The summed E-state index contributed by atoms with van der Waals surface area (Å²) in [5.41, 5.74) is 1.04. The van der Waals surface area contributed by atoms with E-state index < -0.39 is 0 Å². The van der Waals surface area contributed by atoms with Gasteiger partial charge in [0.1, 0.15) is 17.7 Å². The van der Waals surface area contributed by atoms with Crippen LogP contribution < -0.4 is 5.32 Å². The van der Waals surface area contributed by atoms with Gasteiger partial charge in [0.15, 0.2) is 0 Å². The Bertz CT molecular complexity index is 842. The number of aryl methyl sites for hydroxylation is 1.